The maximum Gasteiger partial charge on any atom is 0.351 e. The normalized spacial score (nSPS) is 22.5. The van der Waals surface area contributed by atoms with E-state index in [1.54, 1.807) is 48.0 Å². The van der Waals surface area contributed by atoms with Gasteiger partial charge in [0.25, 0.3) is 0 Å². The van der Waals surface area contributed by atoms with Crippen LogP contribution in [0.25, 0.3) is 0 Å². The standard InChI is InChI=1S/C20H20ClFN3O2S/c1-24-12-20(23-14-24)28(26,27)25(19-4-2-3-17(21)11-19)10-9-16(13-25)15-5-7-18(22)8-6-15/h2-8,11-12,14,16H,9-10,13H2,1H3/q+1/t16-,25?/m0/s1. The summed E-state index contributed by atoms with van der Waals surface area (Å²) >= 11 is 6.19. The average molecular weight is 421 g/mol. The van der Waals surface area contributed by atoms with Crippen LogP contribution in [0.15, 0.2) is 66.1 Å². The minimum absolute atomic E-state index is 0.0157. The van der Waals surface area contributed by atoms with Crippen LogP contribution < -0.4 is 3.89 Å². The quantitative estimate of drug-likeness (QED) is 0.597. The van der Waals surface area contributed by atoms with Gasteiger partial charge in [0.2, 0.25) is 5.03 Å². The molecule has 4 rings (SSSR count). The van der Waals surface area contributed by atoms with E-state index in [1.807, 2.05) is 0 Å². The molecule has 1 fully saturated rings. The minimum Gasteiger partial charge on any atom is -0.339 e. The molecular formula is C20H20ClFN3O2S+. The third-order valence-electron chi connectivity index (χ3n) is 5.38. The lowest BCUT2D eigenvalue weighted by Gasteiger charge is -2.31. The molecule has 2 atom stereocenters. The number of imidazole rings is 1. The fraction of sp³-hybridized carbons (Fsp3) is 0.250. The van der Waals surface area contributed by atoms with Crippen LogP contribution in [0.5, 0.6) is 0 Å². The van der Waals surface area contributed by atoms with Gasteiger partial charge in [-0.3, -0.25) is 0 Å². The number of aromatic nitrogens is 2. The molecule has 8 heteroatoms. The maximum atomic E-state index is 13.7. The lowest BCUT2D eigenvalue weighted by Crippen LogP contribution is -2.52. The summed E-state index contributed by atoms with van der Waals surface area (Å²) in [6, 6.07) is 13.3. The predicted molar refractivity (Wildman–Crippen MR) is 107 cm³/mol. The molecule has 1 saturated heterocycles. The SMILES string of the molecule is Cn1cnc(S(=O)(=O)[N+]2(c3cccc(Cl)c3)CC[C@H](c3ccc(F)cc3)C2)c1. The number of quaternary nitrogens is 1. The van der Waals surface area contributed by atoms with Crippen molar-refractivity contribution in [3.63, 3.8) is 0 Å². The summed E-state index contributed by atoms with van der Waals surface area (Å²) in [6.45, 7) is 0.728. The van der Waals surface area contributed by atoms with Crippen molar-refractivity contribution in [3.05, 3.63) is 77.5 Å². The summed E-state index contributed by atoms with van der Waals surface area (Å²) < 4.78 is 42.1. The van der Waals surface area contributed by atoms with Crippen LogP contribution in [0.2, 0.25) is 5.02 Å². The van der Waals surface area contributed by atoms with E-state index < -0.39 is 10.0 Å². The predicted octanol–water partition coefficient (Wildman–Crippen LogP) is 4.10. The van der Waals surface area contributed by atoms with Crippen LogP contribution in [0.4, 0.5) is 10.1 Å². The molecule has 0 saturated carbocycles. The van der Waals surface area contributed by atoms with Crippen molar-refractivity contribution in [3.8, 4) is 0 Å². The largest absolute Gasteiger partial charge is 0.351 e. The molecule has 0 bridgehead atoms. The van der Waals surface area contributed by atoms with Crippen LogP contribution in [-0.4, -0.2) is 31.1 Å². The lowest BCUT2D eigenvalue weighted by molar-refractivity contribution is 0.460. The van der Waals surface area contributed by atoms with Gasteiger partial charge in [-0.2, -0.15) is 12.3 Å². The molecular weight excluding hydrogens is 401 g/mol. The summed E-state index contributed by atoms with van der Waals surface area (Å²) in [5, 5.41) is 0.520. The first-order valence-electron chi connectivity index (χ1n) is 8.94. The van der Waals surface area contributed by atoms with Crippen LogP contribution in [0.1, 0.15) is 17.9 Å². The molecule has 5 nitrogen and oxygen atoms in total. The van der Waals surface area contributed by atoms with Crippen molar-refractivity contribution in [2.24, 2.45) is 7.05 Å². The number of sulfonamides is 1. The van der Waals surface area contributed by atoms with Crippen molar-refractivity contribution in [1.29, 1.82) is 0 Å². The molecule has 1 aliphatic rings. The first-order chi connectivity index (χ1) is 13.3. The fourth-order valence-corrected chi connectivity index (χ4v) is 6.07. The average Bonchev–Trinajstić information content (AvgIpc) is 3.30. The van der Waals surface area contributed by atoms with Crippen molar-refractivity contribution in [2.45, 2.75) is 17.4 Å². The molecule has 0 aliphatic carbocycles. The molecule has 1 aliphatic heterocycles. The highest BCUT2D eigenvalue weighted by atomic mass is 35.5. The molecule has 3 aromatic rings. The monoisotopic (exact) mass is 420 g/mol. The van der Waals surface area contributed by atoms with Crippen molar-refractivity contribution in [2.75, 3.05) is 13.1 Å². The summed E-state index contributed by atoms with van der Waals surface area (Å²) in [6.07, 6.45) is 3.66. The van der Waals surface area contributed by atoms with Crippen LogP contribution in [-0.2, 0) is 17.1 Å². The third-order valence-corrected chi connectivity index (χ3v) is 7.82. The molecule has 0 spiro atoms. The van der Waals surface area contributed by atoms with E-state index >= 15 is 0 Å². The smallest absolute Gasteiger partial charge is 0.339 e. The molecule has 2 aromatic carbocycles. The van der Waals surface area contributed by atoms with Crippen molar-refractivity contribution < 1.29 is 12.8 Å². The van der Waals surface area contributed by atoms with Gasteiger partial charge in [0.15, 0.2) is 0 Å². The van der Waals surface area contributed by atoms with Gasteiger partial charge in [0, 0.05) is 42.7 Å². The molecule has 0 radical (unpaired) electrons. The second kappa shape index (κ2) is 6.99. The summed E-state index contributed by atoms with van der Waals surface area (Å²) in [5.74, 6) is -0.323. The zero-order valence-corrected chi connectivity index (χ0v) is 16.9. The van der Waals surface area contributed by atoms with E-state index in [-0.39, 0.29) is 20.6 Å². The van der Waals surface area contributed by atoms with Gasteiger partial charge in [-0.25, -0.2) is 9.37 Å². The molecule has 0 amide bonds. The highest BCUT2D eigenvalue weighted by molar-refractivity contribution is 7.90. The Kier molecular flexibility index (Phi) is 4.77. The van der Waals surface area contributed by atoms with Crippen molar-refractivity contribution in [1.82, 2.24) is 13.4 Å². The Morgan fingerprint density at radius 3 is 2.61 bits per heavy atom. The molecule has 1 unspecified atom stereocenters. The van der Waals surface area contributed by atoms with E-state index in [0.29, 0.717) is 30.2 Å². The van der Waals surface area contributed by atoms with Crippen LogP contribution >= 0.6 is 11.6 Å². The molecule has 146 valence electrons. The van der Waals surface area contributed by atoms with Gasteiger partial charge in [0.1, 0.15) is 18.0 Å². The van der Waals surface area contributed by atoms with E-state index in [4.69, 9.17) is 11.6 Å². The van der Waals surface area contributed by atoms with E-state index in [1.165, 1.54) is 24.7 Å². The Labute approximate surface area is 168 Å². The number of aryl methyl sites for hydroxylation is 1. The van der Waals surface area contributed by atoms with Crippen LogP contribution in [0, 0.1) is 5.82 Å². The first kappa shape index (κ1) is 19.1. The van der Waals surface area contributed by atoms with Gasteiger partial charge in [-0.15, -0.1) is 0 Å². The second-order valence-corrected chi connectivity index (χ2v) is 9.67. The number of nitrogens with zero attached hydrogens (tertiary/aromatic N) is 3. The van der Waals surface area contributed by atoms with Gasteiger partial charge in [0.05, 0.1) is 12.9 Å². The third kappa shape index (κ3) is 3.13. The Morgan fingerprint density at radius 1 is 1.21 bits per heavy atom. The number of benzene rings is 2. The second-order valence-electron chi connectivity index (χ2n) is 7.16. The minimum atomic E-state index is -3.83. The Morgan fingerprint density at radius 2 is 1.96 bits per heavy atom. The molecule has 0 N–H and O–H groups in total. The Bertz CT molecular complexity index is 1110. The Balaban J connectivity index is 1.83. The topological polar surface area (TPSA) is 52.0 Å². The summed E-state index contributed by atoms with van der Waals surface area (Å²) in [4.78, 5) is 4.11. The van der Waals surface area contributed by atoms with Gasteiger partial charge in [-0.05, 0) is 23.8 Å². The van der Waals surface area contributed by atoms with Gasteiger partial charge >= 0.3 is 10.0 Å². The highest BCUT2D eigenvalue weighted by Gasteiger charge is 2.52. The summed E-state index contributed by atoms with van der Waals surface area (Å²) in [7, 11) is -2.09. The van der Waals surface area contributed by atoms with Crippen molar-refractivity contribution >= 4 is 27.3 Å². The fourth-order valence-electron chi connectivity index (χ4n) is 3.93. The van der Waals surface area contributed by atoms with E-state index in [0.717, 1.165) is 5.56 Å². The number of halogens is 2. The number of hydrogen-bond donors (Lipinski definition) is 0. The first-order valence-corrected chi connectivity index (χ1v) is 10.8. The van der Waals surface area contributed by atoms with Gasteiger partial charge in [-0.1, -0.05) is 29.8 Å². The summed E-state index contributed by atoms with van der Waals surface area (Å²) in [5.41, 5.74) is 1.54. The number of rotatable bonds is 4. The zero-order valence-electron chi connectivity index (χ0n) is 15.3. The van der Waals surface area contributed by atoms with E-state index in [2.05, 4.69) is 4.98 Å². The molecule has 2 heterocycles. The highest BCUT2D eigenvalue weighted by Crippen LogP contribution is 2.42. The Hall–Kier alpha value is -2.22. The lowest BCUT2D eigenvalue weighted by atomic mass is 9.99. The molecule has 1 aromatic heterocycles. The maximum absolute atomic E-state index is 13.7. The number of hydrogen-bond acceptors (Lipinski definition) is 3. The van der Waals surface area contributed by atoms with Crippen LogP contribution in [0.3, 0.4) is 0 Å². The van der Waals surface area contributed by atoms with Gasteiger partial charge < -0.3 is 4.57 Å². The zero-order chi connectivity index (χ0) is 19.9. The van der Waals surface area contributed by atoms with E-state index in [9.17, 15) is 12.8 Å². The molecule has 28 heavy (non-hydrogen) atoms.